The number of carboxylic acid groups (broad SMARTS) is 1. The highest BCUT2D eigenvalue weighted by atomic mass is 16.5. The molecule has 0 aliphatic carbocycles. The van der Waals surface area contributed by atoms with Crippen LogP contribution in [0.1, 0.15) is 24.8 Å². The molecule has 1 aromatic heterocycles. The summed E-state index contributed by atoms with van der Waals surface area (Å²) < 4.78 is 7.72. The fraction of sp³-hybridized carbons (Fsp3) is 0.471. The Kier molecular flexibility index (Phi) is 4.25. The second-order valence-corrected chi connectivity index (χ2v) is 5.81. The number of hydrogen-bond donors (Lipinski definition) is 1. The molecule has 1 fully saturated rings. The minimum absolute atomic E-state index is 0.187. The summed E-state index contributed by atoms with van der Waals surface area (Å²) in [6, 6.07) is 8.39. The maximum atomic E-state index is 10.7. The van der Waals surface area contributed by atoms with E-state index in [2.05, 4.69) is 29.0 Å². The zero-order valence-electron chi connectivity index (χ0n) is 12.1. The van der Waals surface area contributed by atoms with Gasteiger partial charge in [-0.25, -0.2) is 0 Å². The molecule has 0 atom stereocenters. The third-order valence-electron chi connectivity index (χ3n) is 4.26. The fourth-order valence-electron chi connectivity index (χ4n) is 3.00. The molecule has 0 radical (unpaired) electrons. The van der Waals surface area contributed by atoms with Crippen LogP contribution in [0.25, 0.3) is 10.9 Å². The molecule has 4 heteroatoms. The van der Waals surface area contributed by atoms with Crippen molar-refractivity contribution < 1.29 is 14.6 Å². The number of rotatable bonds is 5. The summed E-state index contributed by atoms with van der Waals surface area (Å²) in [7, 11) is 0. The van der Waals surface area contributed by atoms with E-state index < -0.39 is 5.97 Å². The average Bonchev–Trinajstić information content (AvgIpc) is 2.89. The Morgan fingerprint density at radius 2 is 2.10 bits per heavy atom. The van der Waals surface area contributed by atoms with Gasteiger partial charge in [0, 0.05) is 37.9 Å². The van der Waals surface area contributed by atoms with Gasteiger partial charge >= 0.3 is 5.97 Å². The van der Waals surface area contributed by atoms with Crippen molar-refractivity contribution in [3.63, 3.8) is 0 Å². The standard InChI is InChI=1S/C17H21NO3/c19-17(20)4-2-13-1-3-15-5-8-18(16(15)11-13)12-14-6-9-21-10-7-14/h1,3,5,8,11,14H,2,4,6-7,9-10,12H2,(H,19,20). The SMILES string of the molecule is O=C(O)CCc1ccc2ccn(CC3CCOCC3)c2c1. The average molecular weight is 287 g/mol. The van der Waals surface area contributed by atoms with E-state index in [9.17, 15) is 4.79 Å². The van der Waals surface area contributed by atoms with Gasteiger partial charge in [0.05, 0.1) is 0 Å². The zero-order valence-corrected chi connectivity index (χ0v) is 12.1. The number of carboxylic acids is 1. The fourth-order valence-corrected chi connectivity index (χ4v) is 3.00. The molecule has 1 aliphatic rings. The molecular formula is C17H21NO3. The Morgan fingerprint density at radius 3 is 2.86 bits per heavy atom. The number of aromatic nitrogens is 1. The lowest BCUT2D eigenvalue weighted by atomic mass is 10.0. The summed E-state index contributed by atoms with van der Waals surface area (Å²) in [6.45, 7) is 2.76. The number of aryl methyl sites for hydroxylation is 1. The number of aliphatic carboxylic acids is 1. The van der Waals surface area contributed by atoms with E-state index >= 15 is 0 Å². The van der Waals surface area contributed by atoms with Gasteiger partial charge in [-0.05, 0) is 48.3 Å². The highest BCUT2D eigenvalue weighted by molar-refractivity contribution is 5.81. The molecule has 4 nitrogen and oxygen atoms in total. The molecule has 0 bridgehead atoms. The molecule has 112 valence electrons. The predicted octanol–water partition coefficient (Wildman–Crippen LogP) is 3.09. The van der Waals surface area contributed by atoms with Crippen LogP contribution in [0.4, 0.5) is 0 Å². The molecule has 0 spiro atoms. The van der Waals surface area contributed by atoms with Crippen LogP contribution in [0.15, 0.2) is 30.5 Å². The van der Waals surface area contributed by atoms with E-state index in [0.717, 1.165) is 38.2 Å². The van der Waals surface area contributed by atoms with E-state index in [4.69, 9.17) is 9.84 Å². The summed E-state index contributed by atoms with van der Waals surface area (Å²) >= 11 is 0. The van der Waals surface area contributed by atoms with Gasteiger partial charge in [-0.1, -0.05) is 12.1 Å². The first-order valence-electron chi connectivity index (χ1n) is 7.60. The van der Waals surface area contributed by atoms with E-state index in [1.165, 1.54) is 10.9 Å². The first-order valence-corrected chi connectivity index (χ1v) is 7.60. The van der Waals surface area contributed by atoms with Crippen molar-refractivity contribution in [1.82, 2.24) is 4.57 Å². The zero-order chi connectivity index (χ0) is 14.7. The molecule has 0 unspecified atom stereocenters. The first kappa shape index (κ1) is 14.1. The third-order valence-corrected chi connectivity index (χ3v) is 4.26. The Bertz CT molecular complexity index is 626. The summed E-state index contributed by atoms with van der Waals surface area (Å²) in [5.74, 6) is -0.0651. The van der Waals surface area contributed by atoms with Crippen LogP contribution >= 0.6 is 0 Å². The number of fused-ring (bicyclic) bond motifs is 1. The molecule has 2 aromatic rings. The van der Waals surface area contributed by atoms with Crippen molar-refractivity contribution in [3.8, 4) is 0 Å². The molecule has 1 saturated heterocycles. The molecule has 2 heterocycles. The van der Waals surface area contributed by atoms with E-state index in [1.54, 1.807) is 0 Å². The van der Waals surface area contributed by atoms with Gasteiger partial charge < -0.3 is 14.4 Å². The van der Waals surface area contributed by atoms with Crippen LogP contribution in [-0.4, -0.2) is 28.9 Å². The maximum absolute atomic E-state index is 10.7. The largest absolute Gasteiger partial charge is 0.481 e. The van der Waals surface area contributed by atoms with Crippen LogP contribution in [0.3, 0.4) is 0 Å². The van der Waals surface area contributed by atoms with Crippen LogP contribution < -0.4 is 0 Å². The minimum atomic E-state index is -0.743. The van der Waals surface area contributed by atoms with Crippen LogP contribution in [0, 0.1) is 5.92 Å². The smallest absolute Gasteiger partial charge is 0.303 e. The van der Waals surface area contributed by atoms with E-state index in [1.807, 2.05) is 6.07 Å². The van der Waals surface area contributed by atoms with Gasteiger partial charge in [0.1, 0.15) is 0 Å². The van der Waals surface area contributed by atoms with Gasteiger partial charge in [0.2, 0.25) is 0 Å². The highest BCUT2D eigenvalue weighted by Gasteiger charge is 2.15. The molecular weight excluding hydrogens is 266 g/mol. The topological polar surface area (TPSA) is 51.5 Å². The molecule has 1 aliphatic heterocycles. The number of ether oxygens (including phenoxy) is 1. The summed E-state index contributed by atoms with van der Waals surface area (Å²) in [5, 5.41) is 10.0. The van der Waals surface area contributed by atoms with Crippen molar-refractivity contribution in [2.24, 2.45) is 5.92 Å². The highest BCUT2D eigenvalue weighted by Crippen LogP contribution is 2.23. The van der Waals surface area contributed by atoms with Crippen LogP contribution in [0.5, 0.6) is 0 Å². The molecule has 21 heavy (non-hydrogen) atoms. The summed E-state index contributed by atoms with van der Waals surface area (Å²) in [6.07, 6.45) is 5.16. The van der Waals surface area contributed by atoms with Gasteiger partial charge in [-0.2, -0.15) is 0 Å². The van der Waals surface area contributed by atoms with Gasteiger partial charge in [-0.3, -0.25) is 4.79 Å². The molecule has 1 aromatic carbocycles. The Morgan fingerprint density at radius 1 is 1.29 bits per heavy atom. The molecule has 0 saturated carbocycles. The number of benzene rings is 1. The van der Waals surface area contributed by atoms with Crippen molar-refractivity contribution >= 4 is 16.9 Å². The van der Waals surface area contributed by atoms with Gasteiger partial charge in [-0.15, -0.1) is 0 Å². The van der Waals surface area contributed by atoms with E-state index in [-0.39, 0.29) is 6.42 Å². The maximum Gasteiger partial charge on any atom is 0.303 e. The molecule has 1 N–H and O–H groups in total. The minimum Gasteiger partial charge on any atom is -0.481 e. The second kappa shape index (κ2) is 6.31. The van der Waals surface area contributed by atoms with Crippen molar-refractivity contribution in [1.29, 1.82) is 0 Å². The monoisotopic (exact) mass is 287 g/mol. The number of nitrogens with zero attached hydrogens (tertiary/aromatic N) is 1. The first-order chi connectivity index (χ1) is 10.2. The van der Waals surface area contributed by atoms with Gasteiger partial charge in [0.25, 0.3) is 0 Å². The second-order valence-electron chi connectivity index (χ2n) is 5.81. The molecule has 0 amide bonds. The summed E-state index contributed by atoms with van der Waals surface area (Å²) in [4.78, 5) is 10.7. The lowest BCUT2D eigenvalue weighted by molar-refractivity contribution is -0.136. The van der Waals surface area contributed by atoms with Crippen molar-refractivity contribution in [2.45, 2.75) is 32.2 Å². The van der Waals surface area contributed by atoms with Gasteiger partial charge in [0.15, 0.2) is 0 Å². The Hall–Kier alpha value is -1.81. The van der Waals surface area contributed by atoms with E-state index in [0.29, 0.717) is 12.3 Å². The predicted molar refractivity (Wildman–Crippen MR) is 81.4 cm³/mol. The Balaban J connectivity index is 1.78. The number of carbonyl (C=O) groups is 1. The van der Waals surface area contributed by atoms with Crippen LogP contribution in [-0.2, 0) is 22.5 Å². The normalized spacial score (nSPS) is 16.4. The summed E-state index contributed by atoms with van der Waals surface area (Å²) in [5.41, 5.74) is 2.31. The van der Waals surface area contributed by atoms with Crippen molar-refractivity contribution in [2.75, 3.05) is 13.2 Å². The number of hydrogen-bond acceptors (Lipinski definition) is 2. The Labute approximate surface area is 124 Å². The lowest BCUT2D eigenvalue weighted by Gasteiger charge is -2.22. The third kappa shape index (κ3) is 3.45. The van der Waals surface area contributed by atoms with Crippen LogP contribution in [0.2, 0.25) is 0 Å². The quantitative estimate of drug-likeness (QED) is 0.919. The molecule has 3 rings (SSSR count). The lowest BCUT2D eigenvalue weighted by Crippen LogP contribution is -2.20. The van der Waals surface area contributed by atoms with Crippen molar-refractivity contribution in [3.05, 3.63) is 36.0 Å².